The molecule has 0 aromatic rings. The second-order valence-corrected chi connectivity index (χ2v) is 6.09. The summed E-state index contributed by atoms with van der Waals surface area (Å²) in [5.74, 6) is 1.67. The Balaban J connectivity index is 2.40. The van der Waals surface area contributed by atoms with E-state index in [0.717, 1.165) is 17.9 Å². The van der Waals surface area contributed by atoms with E-state index in [1.54, 1.807) is 0 Å². The molecule has 1 atom stereocenters. The molecule has 0 aromatic heterocycles. The fourth-order valence-corrected chi connectivity index (χ4v) is 2.88. The highest BCUT2D eigenvalue weighted by Crippen LogP contribution is 2.14. The maximum Gasteiger partial charge on any atom is 0.0195 e. The van der Waals surface area contributed by atoms with Crippen LogP contribution in [0, 0.1) is 11.8 Å². The van der Waals surface area contributed by atoms with Gasteiger partial charge in [0, 0.05) is 25.7 Å². The second-order valence-electron chi connectivity index (χ2n) is 6.09. The predicted octanol–water partition coefficient (Wildman–Crippen LogP) is 3.13. The molecule has 0 aromatic carbocycles. The molecule has 0 saturated carbocycles. The van der Waals surface area contributed by atoms with Crippen molar-refractivity contribution in [1.82, 2.24) is 10.2 Å². The molecule has 0 amide bonds. The number of rotatable bonds is 8. The minimum atomic E-state index is 0.753. The molecule has 1 heterocycles. The molecule has 1 aliphatic heterocycles. The summed E-state index contributed by atoms with van der Waals surface area (Å²) in [5, 5.41) is 3.63. The smallest absolute Gasteiger partial charge is 0.0195 e. The summed E-state index contributed by atoms with van der Waals surface area (Å²) >= 11 is 0. The average molecular weight is 240 g/mol. The first-order chi connectivity index (χ1) is 8.15. The van der Waals surface area contributed by atoms with Gasteiger partial charge in [-0.05, 0) is 31.2 Å². The molecule has 1 rings (SSSR count). The third-order valence-corrected chi connectivity index (χ3v) is 3.94. The van der Waals surface area contributed by atoms with Crippen LogP contribution in [0.2, 0.25) is 0 Å². The predicted molar refractivity (Wildman–Crippen MR) is 76.4 cm³/mol. The quantitative estimate of drug-likeness (QED) is 0.701. The molecule has 17 heavy (non-hydrogen) atoms. The van der Waals surface area contributed by atoms with Crippen LogP contribution in [0.4, 0.5) is 0 Å². The van der Waals surface area contributed by atoms with Gasteiger partial charge in [0.2, 0.25) is 0 Å². The molecule has 1 N–H and O–H groups in total. The summed E-state index contributed by atoms with van der Waals surface area (Å²) in [5.41, 5.74) is 0. The molecular weight excluding hydrogens is 208 g/mol. The van der Waals surface area contributed by atoms with Crippen molar-refractivity contribution in [2.24, 2.45) is 11.8 Å². The van der Waals surface area contributed by atoms with Gasteiger partial charge in [0.25, 0.3) is 0 Å². The van der Waals surface area contributed by atoms with Crippen LogP contribution in [0.15, 0.2) is 0 Å². The first-order valence-corrected chi connectivity index (χ1v) is 7.61. The van der Waals surface area contributed by atoms with E-state index in [1.165, 1.54) is 51.9 Å². The van der Waals surface area contributed by atoms with Crippen molar-refractivity contribution in [3.05, 3.63) is 0 Å². The van der Waals surface area contributed by atoms with Crippen molar-refractivity contribution in [1.29, 1.82) is 0 Å². The Labute approximate surface area is 108 Å². The van der Waals surface area contributed by atoms with Crippen LogP contribution in [0.25, 0.3) is 0 Å². The van der Waals surface area contributed by atoms with Crippen molar-refractivity contribution in [3.8, 4) is 0 Å². The molecule has 1 saturated heterocycles. The van der Waals surface area contributed by atoms with Gasteiger partial charge >= 0.3 is 0 Å². The van der Waals surface area contributed by atoms with Crippen molar-refractivity contribution >= 4 is 0 Å². The molecule has 1 fully saturated rings. The number of nitrogens with zero attached hydrogens (tertiary/aromatic N) is 1. The van der Waals surface area contributed by atoms with E-state index in [1.807, 2.05) is 0 Å². The summed E-state index contributed by atoms with van der Waals surface area (Å²) < 4.78 is 0. The largest absolute Gasteiger partial charge is 0.313 e. The SMILES string of the molecule is CCC(CC)CN(CC(C)C)CC1CCCN1. The fraction of sp³-hybridized carbons (Fsp3) is 1.00. The minimum absolute atomic E-state index is 0.753. The van der Waals surface area contributed by atoms with E-state index in [-0.39, 0.29) is 0 Å². The third kappa shape index (κ3) is 5.87. The van der Waals surface area contributed by atoms with Crippen LogP contribution >= 0.6 is 0 Å². The Bertz CT molecular complexity index is 177. The Morgan fingerprint density at radius 2 is 1.88 bits per heavy atom. The van der Waals surface area contributed by atoms with Crippen molar-refractivity contribution < 1.29 is 0 Å². The zero-order valence-electron chi connectivity index (χ0n) is 12.3. The summed E-state index contributed by atoms with van der Waals surface area (Å²) in [6.45, 7) is 14.4. The van der Waals surface area contributed by atoms with Crippen molar-refractivity contribution in [3.63, 3.8) is 0 Å². The lowest BCUT2D eigenvalue weighted by Gasteiger charge is -2.30. The van der Waals surface area contributed by atoms with Gasteiger partial charge in [-0.15, -0.1) is 0 Å². The number of nitrogens with one attached hydrogen (secondary N) is 1. The molecular formula is C15H32N2. The van der Waals surface area contributed by atoms with Crippen molar-refractivity contribution in [2.75, 3.05) is 26.2 Å². The van der Waals surface area contributed by atoms with E-state index in [9.17, 15) is 0 Å². The molecule has 0 radical (unpaired) electrons. The van der Waals surface area contributed by atoms with Gasteiger partial charge in [-0.3, -0.25) is 0 Å². The zero-order chi connectivity index (χ0) is 12.7. The van der Waals surface area contributed by atoms with E-state index in [4.69, 9.17) is 0 Å². The Morgan fingerprint density at radius 3 is 2.35 bits per heavy atom. The Kier molecular flexibility index (Phi) is 7.14. The topological polar surface area (TPSA) is 15.3 Å². The standard InChI is InChI=1S/C15H32N2/c1-5-14(6-2)11-17(10-13(3)4)12-15-8-7-9-16-15/h13-16H,5-12H2,1-4H3. The maximum absolute atomic E-state index is 3.63. The van der Waals surface area contributed by atoms with Crippen LogP contribution in [0.5, 0.6) is 0 Å². The normalized spacial score (nSPS) is 21.0. The third-order valence-electron chi connectivity index (χ3n) is 3.94. The first kappa shape index (κ1) is 15.0. The van der Waals surface area contributed by atoms with Crippen LogP contribution in [0.1, 0.15) is 53.4 Å². The highest BCUT2D eigenvalue weighted by atomic mass is 15.2. The molecule has 1 unspecified atom stereocenters. The van der Waals surface area contributed by atoms with Gasteiger partial charge in [0.15, 0.2) is 0 Å². The highest BCUT2D eigenvalue weighted by Gasteiger charge is 2.20. The van der Waals surface area contributed by atoms with Crippen LogP contribution in [0.3, 0.4) is 0 Å². The summed E-state index contributed by atoms with van der Waals surface area (Å²) in [6.07, 6.45) is 5.38. The number of hydrogen-bond donors (Lipinski definition) is 1. The van der Waals surface area contributed by atoms with Gasteiger partial charge in [0.1, 0.15) is 0 Å². The summed E-state index contributed by atoms with van der Waals surface area (Å²) in [4.78, 5) is 2.70. The molecule has 2 heteroatoms. The highest BCUT2D eigenvalue weighted by molar-refractivity contribution is 4.79. The lowest BCUT2D eigenvalue weighted by atomic mass is 10.0. The average Bonchev–Trinajstić information content (AvgIpc) is 2.77. The summed E-state index contributed by atoms with van der Waals surface area (Å²) in [6, 6.07) is 0.753. The van der Waals surface area contributed by atoms with Crippen LogP contribution in [-0.4, -0.2) is 37.1 Å². The van der Waals surface area contributed by atoms with Gasteiger partial charge < -0.3 is 10.2 Å². The first-order valence-electron chi connectivity index (χ1n) is 7.61. The van der Waals surface area contributed by atoms with Gasteiger partial charge in [-0.25, -0.2) is 0 Å². The lowest BCUT2D eigenvalue weighted by Crippen LogP contribution is -2.41. The molecule has 2 nitrogen and oxygen atoms in total. The molecule has 1 aliphatic rings. The molecule has 0 aliphatic carbocycles. The molecule has 0 spiro atoms. The van der Waals surface area contributed by atoms with E-state index in [0.29, 0.717) is 0 Å². The van der Waals surface area contributed by atoms with Crippen LogP contribution < -0.4 is 5.32 Å². The second kappa shape index (κ2) is 8.10. The van der Waals surface area contributed by atoms with E-state index < -0.39 is 0 Å². The number of hydrogen-bond acceptors (Lipinski definition) is 2. The zero-order valence-corrected chi connectivity index (χ0v) is 12.3. The van der Waals surface area contributed by atoms with Crippen molar-refractivity contribution in [2.45, 2.75) is 59.4 Å². The summed E-state index contributed by atoms with van der Waals surface area (Å²) in [7, 11) is 0. The van der Waals surface area contributed by atoms with Gasteiger partial charge in [0.05, 0.1) is 0 Å². The fourth-order valence-electron chi connectivity index (χ4n) is 2.88. The van der Waals surface area contributed by atoms with Gasteiger partial charge in [-0.1, -0.05) is 40.5 Å². The molecule has 0 bridgehead atoms. The Hall–Kier alpha value is -0.0800. The van der Waals surface area contributed by atoms with Crippen LogP contribution in [-0.2, 0) is 0 Å². The Morgan fingerprint density at radius 1 is 1.18 bits per heavy atom. The molecule has 102 valence electrons. The monoisotopic (exact) mass is 240 g/mol. The lowest BCUT2D eigenvalue weighted by molar-refractivity contribution is 0.187. The maximum atomic E-state index is 3.63. The van der Waals surface area contributed by atoms with E-state index in [2.05, 4.69) is 37.9 Å². The van der Waals surface area contributed by atoms with Gasteiger partial charge in [-0.2, -0.15) is 0 Å². The van der Waals surface area contributed by atoms with E-state index >= 15 is 0 Å². The minimum Gasteiger partial charge on any atom is -0.313 e.